The molecule has 7 heteroatoms. The lowest BCUT2D eigenvalue weighted by molar-refractivity contribution is -0.117. The second kappa shape index (κ2) is 7.66. The average Bonchev–Trinajstić information content (AvgIpc) is 2.40. The van der Waals surface area contributed by atoms with Gasteiger partial charge in [0.2, 0.25) is 5.91 Å². The number of nitrogens with zero attached hydrogens (tertiary/aromatic N) is 2. The highest BCUT2D eigenvalue weighted by molar-refractivity contribution is 5.87. The van der Waals surface area contributed by atoms with Crippen molar-refractivity contribution in [2.45, 2.75) is 20.0 Å². The smallest absolute Gasteiger partial charge is 0.355 e. The van der Waals surface area contributed by atoms with Crippen molar-refractivity contribution in [3.05, 3.63) is 36.0 Å². The van der Waals surface area contributed by atoms with Crippen LogP contribution in [-0.4, -0.2) is 36.7 Å². The van der Waals surface area contributed by atoms with Crippen molar-refractivity contribution in [2.24, 2.45) is 0 Å². The largest absolute Gasteiger partial charge is 0.409 e. The number of rotatable bonds is 6. The SMILES string of the molecule is CCN(CCNC(=O)/C=C/C(F)(F)F)c1cc(C)ccn1. The van der Waals surface area contributed by atoms with Crippen molar-refractivity contribution in [1.82, 2.24) is 10.3 Å². The van der Waals surface area contributed by atoms with Gasteiger partial charge in [-0.2, -0.15) is 13.2 Å². The molecule has 21 heavy (non-hydrogen) atoms. The van der Waals surface area contributed by atoms with Gasteiger partial charge in [-0.15, -0.1) is 0 Å². The lowest BCUT2D eigenvalue weighted by atomic mass is 10.3. The Bertz CT molecular complexity index is 500. The van der Waals surface area contributed by atoms with Crippen molar-refractivity contribution in [3.63, 3.8) is 0 Å². The summed E-state index contributed by atoms with van der Waals surface area (Å²) >= 11 is 0. The van der Waals surface area contributed by atoms with Crippen LogP contribution in [-0.2, 0) is 4.79 Å². The number of pyridine rings is 1. The Labute approximate surface area is 121 Å². The molecule has 0 saturated carbocycles. The molecule has 0 atom stereocenters. The Morgan fingerprint density at radius 3 is 2.76 bits per heavy atom. The Balaban J connectivity index is 2.46. The first-order valence-corrected chi connectivity index (χ1v) is 6.53. The quantitative estimate of drug-likeness (QED) is 0.821. The molecule has 1 rings (SSSR count). The highest BCUT2D eigenvalue weighted by Crippen LogP contribution is 2.15. The van der Waals surface area contributed by atoms with Gasteiger partial charge in [0.1, 0.15) is 5.82 Å². The van der Waals surface area contributed by atoms with E-state index in [0.29, 0.717) is 19.2 Å². The van der Waals surface area contributed by atoms with Crippen LogP contribution in [0.1, 0.15) is 12.5 Å². The van der Waals surface area contributed by atoms with Crippen LogP contribution in [0.3, 0.4) is 0 Å². The van der Waals surface area contributed by atoms with Gasteiger partial charge in [0.25, 0.3) is 0 Å². The summed E-state index contributed by atoms with van der Waals surface area (Å²) in [6.07, 6.45) is -2.38. The number of allylic oxidation sites excluding steroid dienone is 1. The fourth-order valence-electron chi connectivity index (χ4n) is 1.67. The van der Waals surface area contributed by atoms with E-state index in [1.54, 1.807) is 6.20 Å². The van der Waals surface area contributed by atoms with Crippen molar-refractivity contribution >= 4 is 11.7 Å². The number of hydrogen-bond donors (Lipinski definition) is 1. The van der Waals surface area contributed by atoms with E-state index in [-0.39, 0.29) is 12.6 Å². The number of amides is 1. The first-order valence-electron chi connectivity index (χ1n) is 6.53. The van der Waals surface area contributed by atoms with Crippen molar-refractivity contribution in [2.75, 3.05) is 24.5 Å². The van der Waals surface area contributed by atoms with E-state index < -0.39 is 12.1 Å². The number of alkyl halides is 3. The Hall–Kier alpha value is -2.05. The lowest BCUT2D eigenvalue weighted by Gasteiger charge is -2.22. The van der Waals surface area contributed by atoms with E-state index >= 15 is 0 Å². The molecule has 0 aliphatic rings. The van der Waals surface area contributed by atoms with Crippen molar-refractivity contribution in [1.29, 1.82) is 0 Å². The molecule has 1 heterocycles. The topological polar surface area (TPSA) is 45.2 Å². The van der Waals surface area contributed by atoms with Gasteiger partial charge in [0, 0.05) is 38.0 Å². The zero-order chi connectivity index (χ0) is 15.9. The summed E-state index contributed by atoms with van der Waals surface area (Å²) in [5, 5.41) is 2.41. The van der Waals surface area contributed by atoms with Gasteiger partial charge in [-0.1, -0.05) is 0 Å². The van der Waals surface area contributed by atoms with Crippen LogP contribution in [0.25, 0.3) is 0 Å². The molecule has 0 radical (unpaired) electrons. The van der Waals surface area contributed by atoms with Crippen molar-refractivity contribution < 1.29 is 18.0 Å². The highest BCUT2D eigenvalue weighted by atomic mass is 19.4. The molecule has 0 bridgehead atoms. The molecule has 0 aromatic carbocycles. The van der Waals surface area contributed by atoms with Gasteiger partial charge in [0.05, 0.1) is 0 Å². The summed E-state index contributed by atoms with van der Waals surface area (Å²) in [7, 11) is 0. The molecule has 0 aliphatic heterocycles. The van der Waals surface area contributed by atoms with E-state index in [1.165, 1.54) is 0 Å². The maximum atomic E-state index is 11.9. The molecular formula is C14H18F3N3O. The van der Waals surface area contributed by atoms with Gasteiger partial charge in [-0.05, 0) is 31.5 Å². The minimum absolute atomic E-state index is 0.0813. The molecule has 0 spiro atoms. The van der Waals surface area contributed by atoms with Crippen LogP contribution in [0.5, 0.6) is 0 Å². The first kappa shape index (κ1) is 17.0. The maximum Gasteiger partial charge on any atom is 0.409 e. The van der Waals surface area contributed by atoms with E-state index in [4.69, 9.17) is 0 Å². The standard InChI is InChI=1S/C14H18F3N3O/c1-3-20(12-10-11(2)5-7-18-12)9-8-19-13(21)4-6-14(15,16)17/h4-7,10H,3,8-9H2,1-2H3,(H,19,21)/b6-4+. The molecule has 4 nitrogen and oxygen atoms in total. The fourth-order valence-corrected chi connectivity index (χ4v) is 1.67. The van der Waals surface area contributed by atoms with Crippen molar-refractivity contribution in [3.8, 4) is 0 Å². The van der Waals surface area contributed by atoms with Crippen LogP contribution >= 0.6 is 0 Å². The average molecular weight is 301 g/mol. The predicted octanol–water partition coefficient (Wildman–Crippen LogP) is 2.45. The number of halogens is 3. The molecular weight excluding hydrogens is 283 g/mol. The normalized spacial score (nSPS) is 11.7. The third-order valence-corrected chi connectivity index (χ3v) is 2.71. The summed E-state index contributed by atoms with van der Waals surface area (Å²) in [6.45, 7) is 5.28. The second-order valence-electron chi connectivity index (χ2n) is 4.44. The third-order valence-electron chi connectivity index (χ3n) is 2.71. The predicted molar refractivity (Wildman–Crippen MR) is 75.1 cm³/mol. The molecule has 1 amide bonds. The zero-order valence-corrected chi connectivity index (χ0v) is 11.9. The highest BCUT2D eigenvalue weighted by Gasteiger charge is 2.22. The van der Waals surface area contributed by atoms with Crippen LogP contribution in [0, 0.1) is 6.92 Å². The number of anilines is 1. The van der Waals surface area contributed by atoms with E-state index in [2.05, 4.69) is 10.3 Å². The lowest BCUT2D eigenvalue weighted by Crippen LogP contribution is -2.34. The van der Waals surface area contributed by atoms with Gasteiger partial charge in [-0.25, -0.2) is 4.98 Å². The van der Waals surface area contributed by atoms with Crippen LogP contribution in [0.2, 0.25) is 0 Å². The first-order chi connectivity index (χ1) is 9.81. The number of nitrogens with one attached hydrogen (secondary N) is 1. The Morgan fingerprint density at radius 1 is 1.48 bits per heavy atom. The van der Waals surface area contributed by atoms with E-state index in [0.717, 1.165) is 11.4 Å². The minimum atomic E-state index is -4.47. The van der Waals surface area contributed by atoms with Crippen LogP contribution in [0.15, 0.2) is 30.5 Å². The van der Waals surface area contributed by atoms with Gasteiger partial charge >= 0.3 is 6.18 Å². The number of aryl methyl sites for hydroxylation is 1. The molecule has 1 aromatic heterocycles. The molecule has 1 aromatic rings. The van der Waals surface area contributed by atoms with E-state index in [9.17, 15) is 18.0 Å². The number of aromatic nitrogens is 1. The van der Waals surface area contributed by atoms with Gasteiger partial charge < -0.3 is 10.2 Å². The molecule has 0 saturated heterocycles. The Morgan fingerprint density at radius 2 is 2.19 bits per heavy atom. The molecule has 1 N–H and O–H groups in total. The summed E-state index contributed by atoms with van der Waals surface area (Å²) in [6, 6.07) is 3.79. The monoisotopic (exact) mass is 301 g/mol. The van der Waals surface area contributed by atoms with Crippen LogP contribution < -0.4 is 10.2 Å². The van der Waals surface area contributed by atoms with Crippen LogP contribution in [0.4, 0.5) is 19.0 Å². The van der Waals surface area contributed by atoms with E-state index in [1.807, 2.05) is 30.9 Å². The number of carbonyl (C=O) groups is 1. The number of hydrogen-bond acceptors (Lipinski definition) is 3. The van der Waals surface area contributed by atoms with Gasteiger partial charge in [0.15, 0.2) is 0 Å². The Kier molecular flexibility index (Phi) is 6.20. The maximum absolute atomic E-state index is 11.9. The zero-order valence-electron chi connectivity index (χ0n) is 11.9. The molecule has 0 aliphatic carbocycles. The molecule has 0 unspecified atom stereocenters. The molecule has 116 valence electrons. The minimum Gasteiger partial charge on any atom is -0.355 e. The fraction of sp³-hybridized carbons (Fsp3) is 0.429. The summed E-state index contributed by atoms with van der Waals surface area (Å²) in [4.78, 5) is 17.4. The number of carbonyl (C=O) groups excluding carboxylic acids is 1. The van der Waals surface area contributed by atoms with Gasteiger partial charge in [-0.3, -0.25) is 4.79 Å². The number of likely N-dealkylation sites (N-methyl/N-ethyl adjacent to an activating group) is 1. The second-order valence-corrected chi connectivity index (χ2v) is 4.44. The third kappa shape index (κ3) is 6.78. The summed E-state index contributed by atoms with van der Waals surface area (Å²) in [5.41, 5.74) is 1.07. The molecule has 0 fully saturated rings. The summed E-state index contributed by atoms with van der Waals surface area (Å²) in [5.74, 6) is 0.0122. The summed E-state index contributed by atoms with van der Waals surface area (Å²) < 4.78 is 35.7.